The molecule has 76 valence electrons. The smallest absolute Gasteiger partial charge is 0.162 e. The van der Waals surface area contributed by atoms with E-state index in [0.29, 0.717) is 18.1 Å². The van der Waals surface area contributed by atoms with Gasteiger partial charge in [0.1, 0.15) is 5.76 Å². The van der Waals surface area contributed by atoms with Gasteiger partial charge in [-0.25, -0.2) is 0 Å². The molecule has 0 bridgehead atoms. The highest BCUT2D eigenvalue weighted by molar-refractivity contribution is 5.99. The number of carbonyl (C=O) groups is 1. The minimum atomic E-state index is 0.234. The Kier molecular flexibility index (Phi) is 2.32. The van der Waals surface area contributed by atoms with Crippen molar-refractivity contribution >= 4 is 5.78 Å². The summed E-state index contributed by atoms with van der Waals surface area (Å²) in [6, 6.07) is 0. The molecule has 1 saturated carbocycles. The van der Waals surface area contributed by atoms with E-state index in [1.165, 1.54) is 0 Å². The first-order valence-electron chi connectivity index (χ1n) is 4.82. The van der Waals surface area contributed by atoms with Crippen molar-refractivity contribution in [2.45, 2.75) is 19.3 Å². The molecule has 0 aromatic rings. The number of rotatable bonds is 2. The fraction of sp³-hybridized carbons (Fsp3) is 0.545. The lowest BCUT2D eigenvalue weighted by Gasteiger charge is -2.20. The van der Waals surface area contributed by atoms with Crippen molar-refractivity contribution in [1.82, 2.24) is 0 Å². The van der Waals surface area contributed by atoms with E-state index in [-0.39, 0.29) is 5.78 Å². The monoisotopic (exact) mass is 194 g/mol. The van der Waals surface area contributed by atoms with Crippen LogP contribution in [-0.4, -0.2) is 20.0 Å². The van der Waals surface area contributed by atoms with Gasteiger partial charge in [0.25, 0.3) is 0 Å². The molecule has 2 rings (SSSR count). The Morgan fingerprint density at radius 2 is 2.14 bits per heavy atom. The largest absolute Gasteiger partial charge is 0.501 e. The third-order valence-corrected chi connectivity index (χ3v) is 2.92. The summed E-state index contributed by atoms with van der Waals surface area (Å²) in [5.74, 6) is 2.15. The van der Waals surface area contributed by atoms with Crippen molar-refractivity contribution in [2.75, 3.05) is 14.2 Å². The Morgan fingerprint density at radius 3 is 2.79 bits per heavy atom. The van der Waals surface area contributed by atoms with Crippen molar-refractivity contribution < 1.29 is 14.3 Å². The lowest BCUT2D eigenvalue weighted by Crippen LogP contribution is -2.12. The first kappa shape index (κ1) is 9.31. The number of hydrogen-bond donors (Lipinski definition) is 0. The number of methoxy groups -OCH3 is 2. The molecule has 1 atom stereocenters. The van der Waals surface area contributed by atoms with Crippen molar-refractivity contribution in [3.05, 3.63) is 23.2 Å². The second-order valence-electron chi connectivity index (χ2n) is 3.66. The summed E-state index contributed by atoms with van der Waals surface area (Å²) < 4.78 is 10.4. The fourth-order valence-corrected chi connectivity index (χ4v) is 2.19. The van der Waals surface area contributed by atoms with Crippen molar-refractivity contribution in [3.8, 4) is 0 Å². The topological polar surface area (TPSA) is 35.5 Å². The van der Waals surface area contributed by atoms with Gasteiger partial charge in [0.05, 0.1) is 20.0 Å². The van der Waals surface area contributed by atoms with Crippen LogP contribution in [0.25, 0.3) is 0 Å². The normalized spacial score (nSPS) is 26.0. The van der Waals surface area contributed by atoms with Crippen LogP contribution in [0.15, 0.2) is 23.2 Å². The summed E-state index contributed by atoms with van der Waals surface area (Å²) in [6.07, 6.45) is 4.25. The number of ether oxygens (including phenoxy) is 2. The zero-order valence-corrected chi connectivity index (χ0v) is 8.50. The highest BCUT2D eigenvalue weighted by atomic mass is 16.5. The van der Waals surface area contributed by atoms with E-state index in [2.05, 4.69) is 0 Å². The van der Waals surface area contributed by atoms with Crippen LogP contribution in [0.3, 0.4) is 0 Å². The maximum Gasteiger partial charge on any atom is 0.162 e. The van der Waals surface area contributed by atoms with Gasteiger partial charge in [-0.15, -0.1) is 0 Å². The summed E-state index contributed by atoms with van der Waals surface area (Å²) in [7, 11) is 3.25. The molecule has 0 saturated heterocycles. The molecule has 1 fully saturated rings. The van der Waals surface area contributed by atoms with Crippen LogP contribution in [0.4, 0.5) is 0 Å². The summed E-state index contributed by atoms with van der Waals surface area (Å²) in [5.41, 5.74) is 0.869. The average Bonchev–Trinajstić information content (AvgIpc) is 2.59. The summed E-state index contributed by atoms with van der Waals surface area (Å²) in [4.78, 5) is 11.6. The van der Waals surface area contributed by atoms with E-state index in [1.54, 1.807) is 14.2 Å². The molecule has 0 aliphatic heterocycles. The Hall–Kier alpha value is -1.25. The minimum Gasteiger partial charge on any atom is -0.501 e. The van der Waals surface area contributed by atoms with Crippen molar-refractivity contribution in [3.63, 3.8) is 0 Å². The highest BCUT2D eigenvalue weighted by Crippen LogP contribution is 2.39. The predicted octanol–water partition coefficient (Wildman–Crippen LogP) is 1.80. The number of fused-ring (bicyclic) bond motifs is 1. The number of allylic oxidation sites excluding steroid dienone is 3. The van der Waals surface area contributed by atoms with E-state index >= 15 is 0 Å². The number of hydrogen-bond acceptors (Lipinski definition) is 3. The summed E-state index contributed by atoms with van der Waals surface area (Å²) >= 11 is 0. The van der Waals surface area contributed by atoms with Crippen LogP contribution in [0.5, 0.6) is 0 Å². The molecule has 0 N–H and O–H groups in total. The van der Waals surface area contributed by atoms with Gasteiger partial charge in [-0.05, 0) is 12.3 Å². The molecule has 0 heterocycles. The van der Waals surface area contributed by atoms with Gasteiger partial charge in [0.2, 0.25) is 0 Å². The maximum atomic E-state index is 11.6. The molecule has 0 spiro atoms. The predicted molar refractivity (Wildman–Crippen MR) is 51.5 cm³/mol. The Bertz CT molecular complexity index is 325. The van der Waals surface area contributed by atoms with E-state index in [1.807, 2.05) is 6.08 Å². The third kappa shape index (κ3) is 1.33. The quantitative estimate of drug-likeness (QED) is 0.672. The second kappa shape index (κ2) is 3.48. The molecule has 3 heteroatoms. The molecule has 3 nitrogen and oxygen atoms in total. The Labute approximate surface area is 83.4 Å². The number of carbonyl (C=O) groups excluding carboxylic acids is 1. The molecule has 1 unspecified atom stereocenters. The van der Waals surface area contributed by atoms with Crippen molar-refractivity contribution in [1.29, 1.82) is 0 Å². The van der Waals surface area contributed by atoms with Crippen LogP contribution in [0, 0.1) is 5.92 Å². The van der Waals surface area contributed by atoms with Crippen molar-refractivity contribution in [2.24, 2.45) is 5.92 Å². The molecular weight excluding hydrogens is 180 g/mol. The minimum absolute atomic E-state index is 0.234. The SMILES string of the molecule is COC1=CC(OC)=C2C(=O)CCC2C1. The second-order valence-corrected chi connectivity index (χ2v) is 3.66. The van der Waals surface area contributed by atoms with Gasteiger partial charge in [0.15, 0.2) is 5.78 Å². The van der Waals surface area contributed by atoms with E-state index in [9.17, 15) is 4.79 Å². The lowest BCUT2D eigenvalue weighted by molar-refractivity contribution is -0.114. The van der Waals surface area contributed by atoms with Gasteiger partial charge in [-0.2, -0.15) is 0 Å². The van der Waals surface area contributed by atoms with Crippen LogP contribution in [-0.2, 0) is 14.3 Å². The van der Waals surface area contributed by atoms with Gasteiger partial charge in [0, 0.05) is 24.5 Å². The molecule has 14 heavy (non-hydrogen) atoms. The molecular formula is C11H14O3. The van der Waals surface area contributed by atoms with Gasteiger partial charge < -0.3 is 9.47 Å². The maximum absolute atomic E-state index is 11.6. The first-order valence-corrected chi connectivity index (χ1v) is 4.82. The average molecular weight is 194 g/mol. The van der Waals surface area contributed by atoms with E-state index in [4.69, 9.17) is 9.47 Å². The third-order valence-electron chi connectivity index (χ3n) is 2.92. The Balaban J connectivity index is 2.39. The molecule has 0 amide bonds. The van der Waals surface area contributed by atoms with Gasteiger partial charge in [-0.3, -0.25) is 4.79 Å². The zero-order chi connectivity index (χ0) is 10.1. The summed E-state index contributed by atoms with van der Waals surface area (Å²) in [6.45, 7) is 0. The first-order chi connectivity index (χ1) is 6.76. The van der Waals surface area contributed by atoms with Crippen LogP contribution < -0.4 is 0 Å². The summed E-state index contributed by atoms with van der Waals surface area (Å²) in [5, 5.41) is 0. The molecule has 2 aliphatic carbocycles. The van der Waals surface area contributed by atoms with E-state index in [0.717, 1.165) is 24.2 Å². The number of Topliss-reactive ketones (excluding diaryl/α,β-unsaturated/α-hetero) is 1. The van der Waals surface area contributed by atoms with E-state index < -0.39 is 0 Å². The van der Waals surface area contributed by atoms with Gasteiger partial charge in [-0.1, -0.05) is 0 Å². The Morgan fingerprint density at radius 1 is 1.36 bits per heavy atom. The molecule has 0 radical (unpaired) electrons. The van der Waals surface area contributed by atoms with Crippen LogP contribution >= 0.6 is 0 Å². The molecule has 0 aromatic heterocycles. The highest BCUT2D eigenvalue weighted by Gasteiger charge is 2.35. The molecule has 0 aromatic carbocycles. The van der Waals surface area contributed by atoms with Crippen LogP contribution in [0.1, 0.15) is 19.3 Å². The standard InChI is InChI=1S/C11H14O3/c1-13-8-5-7-3-4-9(12)11(7)10(6-8)14-2/h6-7H,3-5H2,1-2H3. The molecule has 2 aliphatic rings. The zero-order valence-electron chi connectivity index (χ0n) is 8.50. The number of ketones is 1. The van der Waals surface area contributed by atoms with Crippen LogP contribution in [0.2, 0.25) is 0 Å². The lowest BCUT2D eigenvalue weighted by atomic mass is 9.92. The van der Waals surface area contributed by atoms with Gasteiger partial charge >= 0.3 is 0 Å². The fourth-order valence-electron chi connectivity index (χ4n) is 2.19.